The average molecular weight is 224 g/mol. The molecule has 1 fully saturated rings. The predicted molar refractivity (Wildman–Crippen MR) is 69.4 cm³/mol. The van der Waals surface area contributed by atoms with Crippen molar-refractivity contribution in [2.75, 3.05) is 0 Å². The number of hydrogen-bond donors (Lipinski definition) is 0. The Hall–Kier alpha value is -0.330. The number of carbonyl (C=O) groups excluding carboxylic acids is 1. The van der Waals surface area contributed by atoms with Gasteiger partial charge in [0.2, 0.25) is 0 Å². The first kappa shape index (κ1) is 13.7. The Morgan fingerprint density at radius 3 is 2.19 bits per heavy atom. The molecule has 1 aliphatic carbocycles. The molecule has 94 valence electrons. The highest BCUT2D eigenvalue weighted by atomic mass is 16.1. The monoisotopic (exact) mass is 224 g/mol. The van der Waals surface area contributed by atoms with Crippen molar-refractivity contribution in [1.82, 2.24) is 0 Å². The molecule has 0 radical (unpaired) electrons. The summed E-state index contributed by atoms with van der Waals surface area (Å²) in [5.41, 5.74) is 0.0583. The SMILES string of the molecule is CCCC(C)C(=O)C1(CC(C)C)CCCC1. The molecule has 0 spiro atoms. The van der Waals surface area contributed by atoms with Crippen LogP contribution >= 0.6 is 0 Å². The first-order valence-electron chi connectivity index (χ1n) is 7.06. The van der Waals surface area contributed by atoms with Crippen LogP contribution in [0.15, 0.2) is 0 Å². The van der Waals surface area contributed by atoms with Crippen molar-refractivity contribution in [3.8, 4) is 0 Å². The number of rotatable bonds is 6. The first-order valence-corrected chi connectivity index (χ1v) is 7.06. The third-order valence-electron chi connectivity index (χ3n) is 4.05. The van der Waals surface area contributed by atoms with E-state index in [2.05, 4.69) is 27.7 Å². The third-order valence-corrected chi connectivity index (χ3v) is 4.05. The summed E-state index contributed by atoms with van der Waals surface area (Å²) in [6, 6.07) is 0. The summed E-state index contributed by atoms with van der Waals surface area (Å²) in [5, 5.41) is 0. The van der Waals surface area contributed by atoms with Gasteiger partial charge in [-0.05, 0) is 31.6 Å². The molecule has 0 aliphatic heterocycles. The van der Waals surface area contributed by atoms with E-state index in [1.54, 1.807) is 0 Å². The lowest BCUT2D eigenvalue weighted by Gasteiger charge is -2.32. The van der Waals surface area contributed by atoms with Crippen LogP contribution in [-0.2, 0) is 4.79 Å². The highest BCUT2D eigenvalue weighted by molar-refractivity contribution is 5.87. The Bertz CT molecular complexity index is 224. The predicted octanol–water partition coefficient (Wildman–Crippen LogP) is 4.60. The van der Waals surface area contributed by atoms with E-state index in [0.29, 0.717) is 11.7 Å². The van der Waals surface area contributed by atoms with Gasteiger partial charge in [0.25, 0.3) is 0 Å². The summed E-state index contributed by atoms with van der Waals surface area (Å²) in [4.78, 5) is 12.6. The van der Waals surface area contributed by atoms with Gasteiger partial charge in [-0.15, -0.1) is 0 Å². The Labute approximate surface area is 101 Å². The normalized spacial score (nSPS) is 21.3. The third kappa shape index (κ3) is 3.09. The van der Waals surface area contributed by atoms with E-state index in [4.69, 9.17) is 0 Å². The molecule has 1 rings (SSSR count). The molecule has 1 aliphatic rings. The Balaban J connectivity index is 2.72. The van der Waals surface area contributed by atoms with E-state index in [1.165, 1.54) is 12.8 Å². The van der Waals surface area contributed by atoms with Gasteiger partial charge in [-0.1, -0.05) is 47.0 Å². The molecule has 0 amide bonds. The lowest BCUT2D eigenvalue weighted by atomic mass is 9.71. The fraction of sp³-hybridized carbons (Fsp3) is 0.933. The number of Topliss-reactive ketones (excluding diaryl/α,β-unsaturated/α-hetero) is 1. The van der Waals surface area contributed by atoms with Crippen LogP contribution in [0.1, 0.15) is 72.6 Å². The zero-order chi connectivity index (χ0) is 12.2. The lowest BCUT2D eigenvalue weighted by molar-refractivity contribution is -0.133. The summed E-state index contributed by atoms with van der Waals surface area (Å²) in [5.74, 6) is 1.50. The van der Waals surface area contributed by atoms with Crippen LogP contribution in [0, 0.1) is 17.3 Å². The van der Waals surface area contributed by atoms with E-state index in [9.17, 15) is 4.79 Å². The summed E-state index contributed by atoms with van der Waals surface area (Å²) in [6.45, 7) is 8.80. The topological polar surface area (TPSA) is 17.1 Å². The number of hydrogen-bond acceptors (Lipinski definition) is 1. The van der Waals surface area contributed by atoms with Crippen molar-refractivity contribution < 1.29 is 4.79 Å². The van der Waals surface area contributed by atoms with E-state index in [-0.39, 0.29) is 11.3 Å². The summed E-state index contributed by atoms with van der Waals surface area (Å²) in [6.07, 6.45) is 8.13. The van der Waals surface area contributed by atoms with Crippen LogP contribution in [0.5, 0.6) is 0 Å². The van der Waals surface area contributed by atoms with E-state index < -0.39 is 0 Å². The van der Waals surface area contributed by atoms with Gasteiger partial charge in [0.05, 0.1) is 0 Å². The Morgan fingerprint density at radius 2 is 1.75 bits per heavy atom. The van der Waals surface area contributed by atoms with Gasteiger partial charge in [-0.2, -0.15) is 0 Å². The summed E-state index contributed by atoms with van der Waals surface area (Å²) < 4.78 is 0. The molecule has 1 atom stereocenters. The molecule has 0 aromatic carbocycles. The van der Waals surface area contributed by atoms with E-state index in [1.807, 2.05) is 0 Å². The molecular formula is C15H28O. The summed E-state index contributed by atoms with van der Waals surface area (Å²) >= 11 is 0. The minimum Gasteiger partial charge on any atom is -0.299 e. The van der Waals surface area contributed by atoms with Gasteiger partial charge in [-0.25, -0.2) is 0 Å². The summed E-state index contributed by atoms with van der Waals surface area (Å²) in [7, 11) is 0. The maximum Gasteiger partial charge on any atom is 0.141 e. The molecule has 0 saturated heterocycles. The minimum atomic E-state index is 0.0583. The van der Waals surface area contributed by atoms with Crippen molar-refractivity contribution in [3.05, 3.63) is 0 Å². The molecule has 1 heteroatoms. The van der Waals surface area contributed by atoms with E-state index in [0.717, 1.165) is 32.1 Å². The van der Waals surface area contributed by atoms with Gasteiger partial charge < -0.3 is 0 Å². The lowest BCUT2D eigenvalue weighted by Crippen LogP contribution is -2.34. The number of ketones is 1. The quantitative estimate of drug-likeness (QED) is 0.644. The molecule has 1 unspecified atom stereocenters. The second kappa shape index (κ2) is 5.84. The zero-order valence-corrected chi connectivity index (χ0v) is 11.5. The number of carbonyl (C=O) groups is 1. The highest BCUT2D eigenvalue weighted by Crippen LogP contribution is 2.45. The fourth-order valence-corrected chi connectivity index (χ4v) is 3.47. The standard InChI is InChI=1S/C15H28O/c1-5-8-13(4)14(16)15(11-12(2)3)9-6-7-10-15/h12-13H,5-11H2,1-4H3. The van der Waals surface area contributed by atoms with Crippen molar-refractivity contribution in [3.63, 3.8) is 0 Å². The Morgan fingerprint density at radius 1 is 1.19 bits per heavy atom. The molecule has 1 nitrogen and oxygen atoms in total. The minimum absolute atomic E-state index is 0.0583. The molecule has 0 N–H and O–H groups in total. The molecule has 0 bridgehead atoms. The van der Waals surface area contributed by atoms with Gasteiger partial charge in [-0.3, -0.25) is 4.79 Å². The van der Waals surface area contributed by atoms with Crippen LogP contribution in [0.4, 0.5) is 0 Å². The molecule has 0 heterocycles. The molecular weight excluding hydrogens is 196 g/mol. The van der Waals surface area contributed by atoms with Crippen LogP contribution in [0.25, 0.3) is 0 Å². The van der Waals surface area contributed by atoms with Gasteiger partial charge in [0.1, 0.15) is 5.78 Å². The fourth-order valence-electron chi connectivity index (χ4n) is 3.47. The second-order valence-electron chi connectivity index (χ2n) is 6.14. The largest absolute Gasteiger partial charge is 0.299 e. The van der Waals surface area contributed by atoms with Gasteiger partial charge >= 0.3 is 0 Å². The molecule has 0 aromatic heterocycles. The molecule has 1 saturated carbocycles. The van der Waals surface area contributed by atoms with E-state index >= 15 is 0 Å². The average Bonchev–Trinajstić information content (AvgIpc) is 2.65. The van der Waals surface area contributed by atoms with Crippen LogP contribution < -0.4 is 0 Å². The van der Waals surface area contributed by atoms with Crippen LogP contribution in [0.2, 0.25) is 0 Å². The molecule has 16 heavy (non-hydrogen) atoms. The van der Waals surface area contributed by atoms with Crippen LogP contribution in [-0.4, -0.2) is 5.78 Å². The van der Waals surface area contributed by atoms with Crippen molar-refractivity contribution in [1.29, 1.82) is 0 Å². The maximum absolute atomic E-state index is 12.6. The zero-order valence-electron chi connectivity index (χ0n) is 11.5. The van der Waals surface area contributed by atoms with Gasteiger partial charge in [0, 0.05) is 11.3 Å². The maximum atomic E-state index is 12.6. The second-order valence-corrected chi connectivity index (χ2v) is 6.14. The van der Waals surface area contributed by atoms with Gasteiger partial charge in [0.15, 0.2) is 0 Å². The highest BCUT2D eigenvalue weighted by Gasteiger charge is 2.42. The Kier molecular flexibility index (Phi) is 5.01. The molecule has 0 aromatic rings. The van der Waals surface area contributed by atoms with Crippen LogP contribution in [0.3, 0.4) is 0 Å². The smallest absolute Gasteiger partial charge is 0.141 e. The van der Waals surface area contributed by atoms with Crippen molar-refractivity contribution in [2.45, 2.75) is 72.6 Å². The first-order chi connectivity index (χ1) is 7.52. The van der Waals surface area contributed by atoms with Crippen molar-refractivity contribution >= 4 is 5.78 Å². The van der Waals surface area contributed by atoms with Crippen molar-refractivity contribution in [2.24, 2.45) is 17.3 Å².